The summed E-state index contributed by atoms with van der Waals surface area (Å²) < 4.78 is 23.8. The van der Waals surface area contributed by atoms with Crippen LogP contribution in [0, 0.1) is 0 Å². The Bertz CT molecular complexity index is 611. The summed E-state index contributed by atoms with van der Waals surface area (Å²) in [4.78, 5) is 8.78. The molecule has 7 heteroatoms. The lowest BCUT2D eigenvalue weighted by Crippen LogP contribution is -2.18. The van der Waals surface area contributed by atoms with Gasteiger partial charge in [-0.3, -0.25) is 0 Å². The number of halogens is 2. The smallest absolute Gasteiger partial charge is 0.151 e. The van der Waals surface area contributed by atoms with Gasteiger partial charge in [-0.25, -0.2) is 18.4 Å². The molecule has 1 aliphatic rings. The Morgan fingerprint density at radius 3 is 2.42 bits per heavy atom. The fourth-order valence-electron chi connectivity index (χ4n) is 2.11. The average molecular weight is 368 g/mol. The molecule has 106 valence electrons. The highest BCUT2D eigenvalue weighted by Crippen LogP contribution is 2.35. The SMILES string of the molecule is CC(C)(C)c1nc(C2CCS(=O)(=O)C2)nc(Cl)c1Br. The van der Waals surface area contributed by atoms with Crippen molar-refractivity contribution >= 4 is 37.4 Å². The average Bonchev–Trinajstić information content (AvgIpc) is 2.61. The number of nitrogens with zero attached hydrogens (tertiary/aromatic N) is 2. The van der Waals surface area contributed by atoms with Crippen LogP contribution in [0.15, 0.2) is 4.47 Å². The summed E-state index contributed by atoms with van der Waals surface area (Å²) in [6, 6.07) is 0. The molecule has 0 radical (unpaired) electrons. The molecular formula is C12H16BrClN2O2S. The topological polar surface area (TPSA) is 59.9 Å². The summed E-state index contributed by atoms with van der Waals surface area (Å²) in [7, 11) is -2.95. The first-order valence-corrected chi connectivity index (χ1v) is 9.03. The largest absolute Gasteiger partial charge is 0.236 e. The number of rotatable bonds is 1. The molecule has 0 aromatic carbocycles. The predicted octanol–water partition coefficient (Wildman–Crippen LogP) is 3.09. The molecule has 0 N–H and O–H groups in total. The second-order valence-corrected chi connectivity index (χ2v) is 9.26. The van der Waals surface area contributed by atoms with Crippen molar-refractivity contribution in [2.45, 2.75) is 38.5 Å². The van der Waals surface area contributed by atoms with Crippen LogP contribution in [0.4, 0.5) is 0 Å². The van der Waals surface area contributed by atoms with Crippen LogP contribution in [0.5, 0.6) is 0 Å². The van der Waals surface area contributed by atoms with Crippen LogP contribution in [-0.2, 0) is 15.3 Å². The van der Waals surface area contributed by atoms with E-state index in [1.54, 1.807) is 0 Å². The molecule has 2 heterocycles. The summed E-state index contributed by atoms with van der Waals surface area (Å²) >= 11 is 9.53. The molecule has 1 fully saturated rings. The molecule has 1 aromatic heterocycles. The van der Waals surface area contributed by atoms with E-state index in [1.165, 1.54) is 0 Å². The van der Waals surface area contributed by atoms with Crippen molar-refractivity contribution < 1.29 is 8.42 Å². The Hall–Kier alpha value is -0.200. The van der Waals surface area contributed by atoms with Gasteiger partial charge in [0.25, 0.3) is 0 Å². The lowest BCUT2D eigenvalue weighted by Gasteiger charge is -2.21. The molecule has 0 spiro atoms. The highest BCUT2D eigenvalue weighted by molar-refractivity contribution is 9.10. The molecule has 2 rings (SSSR count). The summed E-state index contributed by atoms with van der Waals surface area (Å²) in [5.74, 6) is 0.726. The predicted molar refractivity (Wildman–Crippen MR) is 79.5 cm³/mol. The third-order valence-corrected chi connectivity index (χ3v) is 6.16. The van der Waals surface area contributed by atoms with Crippen LogP contribution in [0.25, 0.3) is 0 Å². The first-order chi connectivity index (χ1) is 8.60. The quantitative estimate of drug-likeness (QED) is 0.716. The van der Waals surface area contributed by atoms with E-state index in [0.717, 1.165) is 5.69 Å². The lowest BCUT2D eigenvalue weighted by molar-refractivity contribution is 0.552. The van der Waals surface area contributed by atoms with Crippen molar-refractivity contribution in [1.82, 2.24) is 9.97 Å². The lowest BCUT2D eigenvalue weighted by atomic mass is 9.92. The molecule has 0 aliphatic carbocycles. The zero-order valence-corrected chi connectivity index (χ0v) is 14.2. The monoisotopic (exact) mass is 366 g/mol. The van der Waals surface area contributed by atoms with Gasteiger partial charge in [0, 0.05) is 11.3 Å². The van der Waals surface area contributed by atoms with E-state index in [-0.39, 0.29) is 22.8 Å². The Morgan fingerprint density at radius 1 is 1.32 bits per heavy atom. The maximum atomic E-state index is 11.6. The van der Waals surface area contributed by atoms with E-state index in [2.05, 4.69) is 25.9 Å². The fraction of sp³-hybridized carbons (Fsp3) is 0.667. The minimum Gasteiger partial charge on any atom is -0.236 e. The van der Waals surface area contributed by atoms with E-state index < -0.39 is 9.84 Å². The maximum Gasteiger partial charge on any atom is 0.151 e. The van der Waals surface area contributed by atoms with Gasteiger partial charge in [0.2, 0.25) is 0 Å². The summed E-state index contributed by atoms with van der Waals surface area (Å²) in [6.45, 7) is 6.10. The Labute approximate surface area is 127 Å². The fourth-order valence-corrected chi connectivity index (χ4v) is 4.80. The van der Waals surface area contributed by atoms with E-state index in [1.807, 2.05) is 20.8 Å². The molecule has 1 atom stereocenters. The van der Waals surface area contributed by atoms with Crippen LogP contribution >= 0.6 is 27.5 Å². The minimum atomic E-state index is -2.95. The number of hydrogen-bond acceptors (Lipinski definition) is 4. The molecule has 19 heavy (non-hydrogen) atoms. The zero-order chi connectivity index (χ0) is 14.4. The van der Waals surface area contributed by atoms with Crippen molar-refractivity contribution in [2.24, 2.45) is 0 Å². The third-order valence-electron chi connectivity index (χ3n) is 3.14. The summed E-state index contributed by atoms with van der Waals surface area (Å²) in [6.07, 6.45) is 0.573. The van der Waals surface area contributed by atoms with Crippen molar-refractivity contribution in [3.05, 3.63) is 21.1 Å². The highest BCUT2D eigenvalue weighted by Gasteiger charge is 2.33. The van der Waals surface area contributed by atoms with Gasteiger partial charge in [0.15, 0.2) is 9.84 Å². The molecule has 1 saturated heterocycles. The molecule has 0 amide bonds. The Balaban J connectivity index is 2.47. The second kappa shape index (κ2) is 4.97. The molecule has 1 unspecified atom stereocenters. The van der Waals surface area contributed by atoms with Gasteiger partial charge >= 0.3 is 0 Å². The van der Waals surface area contributed by atoms with Gasteiger partial charge in [-0.2, -0.15) is 0 Å². The van der Waals surface area contributed by atoms with Crippen LogP contribution in [0.3, 0.4) is 0 Å². The standard InChI is InChI=1S/C12H16BrClN2O2S/c1-12(2,3)9-8(13)10(14)16-11(15-9)7-4-5-19(17,18)6-7/h7H,4-6H2,1-3H3. The number of aromatic nitrogens is 2. The first-order valence-electron chi connectivity index (χ1n) is 6.04. The zero-order valence-electron chi connectivity index (χ0n) is 11.1. The van der Waals surface area contributed by atoms with Gasteiger partial charge in [0.05, 0.1) is 21.7 Å². The third kappa shape index (κ3) is 3.28. The van der Waals surface area contributed by atoms with Crippen molar-refractivity contribution in [2.75, 3.05) is 11.5 Å². The van der Waals surface area contributed by atoms with Crippen molar-refractivity contribution in [3.63, 3.8) is 0 Å². The molecule has 1 aliphatic heterocycles. The molecule has 0 saturated carbocycles. The van der Waals surface area contributed by atoms with Gasteiger partial charge in [-0.15, -0.1) is 0 Å². The molecule has 4 nitrogen and oxygen atoms in total. The number of sulfone groups is 1. The van der Waals surface area contributed by atoms with Gasteiger partial charge < -0.3 is 0 Å². The van der Waals surface area contributed by atoms with Gasteiger partial charge in [-0.1, -0.05) is 32.4 Å². The summed E-state index contributed by atoms with van der Waals surface area (Å²) in [5.41, 5.74) is 0.629. The van der Waals surface area contributed by atoms with Crippen LogP contribution in [0.2, 0.25) is 5.15 Å². The Morgan fingerprint density at radius 2 is 1.95 bits per heavy atom. The first kappa shape index (κ1) is 15.2. The van der Waals surface area contributed by atoms with Crippen molar-refractivity contribution in [3.8, 4) is 0 Å². The second-order valence-electron chi connectivity index (χ2n) is 5.89. The van der Waals surface area contributed by atoms with Crippen molar-refractivity contribution in [1.29, 1.82) is 0 Å². The Kier molecular flexibility index (Phi) is 3.97. The minimum absolute atomic E-state index is 0.120. The normalized spacial score (nSPS) is 22.7. The molecule has 0 bridgehead atoms. The van der Waals surface area contributed by atoms with Crippen LogP contribution in [-0.4, -0.2) is 29.9 Å². The van der Waals surface area contributed by atoms with E-state index in [0.29, 0.717) is 21.9 Å². The van der Waals surface area contributed by atoms with Crippen LogP contribution in [0.1, 0.15) is 44.6 Å². The maximum absolute atomic E-state index is 11.6. The highest BCUT2D eigenvalue weighted by atomic mass is 79.9. The van der Waals surface area contributed by atoms with Crippen LogP contribution < -0.4 is 0 Å². The summed E-state index contributed by atoms with van der Waals surface area (Å²) in [5, 5.41) is 0.347. The number of hydrogen-bond donors (Lipinski definition) is 0. The van der Waals surface area contributed by atoms with E-state index in [9.17, 15) is 8.42 Å². The molecular weight excluding hydrogens is 352 g/mol. The van der Waals surface area contributed by atoms with E-state index in [4.69, 9.17) is 11.6 Å². The van der Waals surface area contributed by atoms with E-state index >= 15 is 0 Å². The van der Waals surface area contributed by atoms with Gasteiger partial charge in [0.1, 0.15) is 11.0 Å². The van der Waals surface area contributed by atoms with Gasteiger partial charge in [-0.05, 0) is 22.4 Å². The molecule has 1 aromatic rings.